The first-order valence-electron chi connectivity index (χ1n) is 10.4. The predicted molar refractivity (Wildman–Crippen MR) is 125 cm³/mol. The van der Waals surface area contributed by atoms with E-state index in [0.717, 1.165) is 28.1 Å². The summed E-state index contributed by atoms with van der Waals surface area (Å²) in [6.45, 7) is 1.88. The van der Waals surface area contributed by atoms with Gasteiger partial charge in [-0.15, -0.1) is 0 Å². The number of carbonyl (C=O) groups is 2. The Kier molecular flexibility index (Phi) is 7.59. The zero-order chi connectivity index (χ0) is 23.4. The molecule has 0 aromatic heterocycles. The summed E-state index contributed by atoms with van der Waals surface area (Å²) in [7, 11) is -3.63. The number of halogens is 1. The third kappa shape index (κ3) is 5.88. The fourth-order valence-corrected chi connectivity index (χ4v) is 4.81. The van der Waals surface area contributed by atoms with Crippen molar-refractivity contribution in [3.8, 4) is 0 Å². The maximum atomic E-state index is 13.3. The van der Waals surface area contributed by atoms with Crippen LogP contribution in [0.1, 0.15) is 24.5 Å². The molecule has 3 rings (SSSR count). The van der Waals surface area contributed by atoms with Crippen LogP contribution in [-0.4, -0.2) is 60.9 Å². The first kappa shape index (κ1) is 24.2. The minimum atomic E-state index is -3.63. The normalized spacial score (nSPS) is 19.7. The van der Waals surface area contributed by atoms with Crippen LogP contribution in [0.3, 0.4) is 0 Å². The van der Waals surface area contributed by atoms with Crippen LogP contribution in [0.25, 0.3) is 0 Å². The molecule has 1 N–H and O–H groups in total. The highest BCUT2D eigenvalue weighted by Gasteiger charge is 2.49. The number of benzene rings is 2. The van der Waals surface area contributed by atoms with Crippen molar-refractivity contribution in [3.05, 3.63) is 70.7 Å². The zero-order valence-electron chi connectivity index (χ0n) is 18.3. The number of nitrogens with zero attached hydrogens (tertiary/aromatic N) is 2. The molecule has 1 saturated heterocycles. The first-order valence-corrected chi connectivity index (χ1v) is 12.6. The van der Waals surface area contributed by atoms with E-state index in [2.05, 4.69) is 5.32 Å². The smallest absolute Gasteiger partial charge is 0.247 e. The Morgan fingerprint density at radius 2 is 1.75 bits per heavy atom. The number of carbonyl (C=O) groups excluding carboxylic acids is 2. The van der Waals surface area contributed by atoms with Crippen molar-refractivity contribution in [3.63, 3.8) is 0 Å². The molecule has 2 aromatic carbocycles. The summed E-state index contributed by atoms with van der Waals surface area (Å²) in [5.41, 5.74) is 0.675. The third-order valence-corrected chi connectivity index (χ3v) is 7.16. The molecular formula is C23H28ClN3O4S. The summed E-state index contributed by atoms with van der Waals surface area (Å²) in [6, 6.07) is 17.0. The fraction of sp³-hybridized carbons (Fsp3) is 0.391. The summed E-state index contributed by atoms with van der Waals surface area (Å²) in [4.78, 5) is 27.7. The standard InChI is InChI=1S/C23H28ClN3O4S/c1-23(22(29)25-15-19-10-12-20(24)13-11-19)17-26(32(2,30)31)16-21(28)27(23)14-6-9-18-7-4-3-5-8-18/h3-5,7-8,10-13H,6,9,14-17H2,1-2H3,(H,25,29). The van der Waals surface area contributed by atoms with Crippen LogP contribution in [0.5, 0.6) is 0 Å². The van der Waals surface area contributed by atoms with Crippen LogP contribution in [0, 0.1) is 0 Å². The minimum absolute atomic E-state index is 0.0879. The Bertz CT molecular complexity index is 1060. The quantitative estimate of drug-likeness (QED) is 0.632. The van der Waals surface area contributed by atoms with E-state index in [1.165, 1.54) is 4.90 Å². The van der Waals surface area contributed by atoms with Crippen molar-refractivity contribution in [1.82, 2.24) is 14.5 Å². The van der Waals surface area contributed by atoms with E-state index in [4.69, 9.17) is 11.6 Å². The lowest BCUT2D eigenvalue weighted by Crippen LogP contribution is -2.69. The van der Waals surface area contributed by atoms with E-state index in [1.807, 2.05) is 30.3 Å². The first-order chi connectivity index (χ1) is 15.1. The van der Waals surface area contributed by atoms with Gasteiger partial charge in [-0.25, -0.2) is 8.42 Å². The molecule has 1 aliphatic rings. The molecule has 9 heteroatoms. The summed E-state index contributed by atoms with van der Waals surface area (Å²) >= 11 is 5.91. The van der Waals surface area contributed by atoms with Crippen molar-refractivity contribution in [2.24, 2.45) is 0 Å². The Balaban J connectivity index is 1.76. The van der Waals surface area contributed by atoms with Crippen LogP contribution < -0.4 is 5.32 Å². The Labute approximate surface area is 194 Å². The van der Waals surface area contributed by atoms with Gasteiger partial charge in [0.15, 0.2) is 0 Å². The lowest BCUT2D eigenvalue weighted by atomic mass is 9.94. The van der Waals surface area contributed by atoms with Crippen LogP contribution in [0.4, 0.5) is 0 Å². The third-order valence-electron chi connectivity index (χ3n) is 5.71. The number of sulfonamides is 1. The molecule has 172 valence electrons. The SMILES string of the molecule is CC1(C(=O)NCc2ccc(Cl)cc2)CN(S(C)(=O)=O)CC(=O)N1CCCc1ccccc1. The maximum Gasteiger partial charge on any atom is 0.247 e. The van der Waals surface area contributed by atoms with Gasteiger partial charge in [0, 0.05) is 24.7 Å². The predicted octanol–water partition coefficient (Wildman–Crippen LogP) is 2.45. The second-order valence-electron chi connectivity index (χ2n) is 8.25. The van der Waals surface area contributed by atoms with Gasteiger partial charge < -0.3 is 10.2 Å². The van der Waals surface area contributed by atoms with Crippen LogP contribution >= 0.6 is 11.6 Å². The Hall–Kier alpha value is -2.42. The Morgan fingerprint density at radius 3 is 2.38 bits per heavy atom. The summed E-state index contributed by atoms with van der Waals surface area (Å²) in [6.07, 6.45) is 2.47. The highest BCUT2D eigenvalue weighted by molar-refractivity contribution is 7.88. The molecule has 0 saturated carbocycles. The largest absolute Gasteiger partial charge is 0.350 e. The van der Waals surface area contributed by atoms with Gasteiger partial charge in [-0.05, 0) is 43.0 Å². The monoisotopic (exact) mass is 477 g/mol. The molecular weight excluding hydrogens is 450 g/mol. The van der Waals surface area contributed by atoms with Gasteiger partial charge in [0.05, 0.1) is 12.8 Å². The maximum absolute atomic E-state index is 13.3. The van der Waals surface area contributed by atoms with Crippen LogP contribution in [0.2, 0.25) is 5.02 Å². The molecule has 0 spiro atoms. The summed E-state index contributed by atoms with van der Waals surface area (Å²) in [5, 5.41) is 3.46. The van der Waals surface area contributed by atoms with Crippen molar-refractivity contribution in [2.45, 2.75) is 31.8 Å². The molecule has 2 amide bonds. The lowest BCUT2D eigenvalue weighted by Gasteiger charge is -2.46. The lowest BCUT2D eigenvalue weighted by molar-refractivity contribution is -0.152. The molecule has 7 nitrogen and oxygen atoms in total. The molecule has 32 heavy (non-hydrogen) atoms. The molecule has 1 atom stereocenters. The van der Waals surface area contributed by atoms with Gasteiger partial charge in [-0.2, -0.15) is 4.31 Å². The Morgan fingerprint density at radius 1 is 1.09 bits per heavy atom. The van der Waals surface area contributed by atoms with E-state index in [-0.39, 0.29) is 25.5 Å². The molecule has 1 fully saturated rings. The van der Waals surface area contributed by atoms with Gasteiger partial charge >= 0.3 is 0 Å². The van der Waals surface area contributed by atoms with E-state index < -0.39 is 21.5 Å². The second-order valence-corrected chi connectivity index (χ2v) is 10.7. The van der Waals surface area contributed by atoms with E-state index in [1.54, 1.807) is 31.2 Å². The molecule has 0 aliphatic carbocycles. The van der Waals surface area contributed by atoms with Gasteiger partial charge in [-0.3, -0.25) is 9.59 Å². The molecule has 1 aliphatic heterocycles. The van der Waals surface area contributed by atoms with Crippen molar-refractivity contribution in [2.75, 3.05) is 25.9 Å². The van der Waals surface area contributed by atoms with E-state index in [9.17, 15) is 18.0 Å². The average Bonchev–Trinajstić information content (AvgIpc) is 2.75. The highest BCUT2D eigenvalue weighted by Crippen LogP contribution is 2.25. The number of aryl methyl sites for hydroxylation is 1. The number of amides is 2. The van der Waals surface area contributed by atoms with Crippen molar-refractivity contribution < 1.29 is 18.0 Å². The topological polar surface area (TPSA) is 86.8 Å². The highest BCUT2D eigenvalue weighted by atomic mass is 35.5. The van der Waals surface area contributed by atoms with Gasteiger partial charge in [-0.1, -0.05) is 54.1 Å². The number of rotatable bonds is 8. The molecule has 1 unspecified atom stereocenters. The number of nitrogens with one attached hydrogen (secondary N) is 1. The molecule has 2 aromatic rings. The minimum Gasteiger partial charge on any atom is -0.350 e. The number of piperazine rings is 1. The van der Waals surface area contributed by atoms with Crippen LogP contribution in [-0.2, 0) is 32.6 Å². The zero-order valence-corrected chi connectivity index (χ0v) is 19.8. The molecule has 1 heterocycles. The van der Waals surface area contributed by atoms with Gasteiger partial charge in [0.1, 0.15) is 5.54 Å². The van der Waals surface area contributed by atoms with Crippen LogP contribution in [0.15, 0.2) is 54.6 Å². The van der Waals surface area contributed by atoms with Crippen molar-refractivity contribution >= 4 is 33.4 Å². The molecule has 0 bridgehead atoms. The van der Waals surface area contributed by atoms with E-state index in [0.29, 0.717) is 18.0 Å². The summed E-state index contributed by atoms with van der Waals surface area (Å²) in [5.74, 6) is -0.771. The second kappa shape index (κ2) is 10.0. The molecule has 0 radical (unpaired) electrons. The number of hydrogen-bond donors (Lipinski definition) is 1. The van der Waals surface area contributed by atoms with Gasteiger partial charge in [0.25, 0.3) is 0 Å². The van der Waals surface area contributed by atoms with Gasteiger partial charge in [0.2, 0.25) is 21.8 Å². The average molecular weight is 478 g/mol. The summed E-state index contributed by atoms with van der Waals surface area (Å²) < 4.78 is 25.4. The van der Waals surface area contributed by atoms with E-state index >= 15 is 0 Å². The van der Waals surface area contributed by atoms with Crippen molar-refractivity contribution in [1.29, 1.82) is 0 Å². The fourth-order valence-electron chi connectivity index (χ4n) is 3.86. The number of hydrogen-bond acceptors (Lipinski definition) is 4.